The minimum atomic E-state index is -0.395. The Labute approximate surface area is 183 Å². The van der Waals surface area contributed by atoms with E-state index in [0.717, 1.165) is 23.7 Å². The molecule has 0 amide bonds. The number of aromatic nitrogens is 2. The van der Waals surface area contributed by atoms with E-state index in [-0.39, 0.29) is 11.4 Å². The van der Waals surface area contributed by atoms with E-state index in [9.17, 15) is 10.1 Å². The molecule has 2 saturated heterocycles. The maximum absolute atomic E-state index is 11.3. The van der Waals surface area contributed by atoms with Gasteiger partial charge in [0.2, 0.25) is 0 Å². The Morgan fingerprint density at radius 2 is 1.77 bits per heavy atom. The van der Waals surface area contributed by atoms with Crippen molar-refractivity contribution in [3.8, 4) is 5.75 Å². The van der Waals surface area contributed by atoms with Crippen molar-refractivity contribution in [1.29, 1.82) is 0 Å². The third kappa shape index (κ3) is 4.03. The number of methoxy groups -OCH3 is 1. The van der Waals surface area contributed by atoms with Crippen molar-refractivity contribution in [1.82, 2.24) is 20.0 Å². The molecule has 3 fully saturated rings. The van der Waals surface area contributed by atoms with Crippen LogP contribution in [0.1, 0.15) is 57.4 Å². The predicted octanol–water partition coefficient (Wildman–Crippen LogP) is 3.90. The van der Waals surface area contributed by atoms with Gasteiger partial charge < -0.3 is 15.0 Å². The van der Waals surface area contributed by atoms with Gasteiger partial charge in [0.05, 0.1) is 23.6 Å². The third-order valence-corrected chi connectivity index (χ3v) is 8.10. The van der Waals surface area contributed by atoms with Crippen LogP contribution in [0.3, 0.4) is 0 Å². The average molecular weight is 428 g/mol. The van der Waals surface area contributed by atoms with E-state index < -0.39 is 4.92 Å². The van der Waals surface area contributed by atoms with Crippen molar-refractivity contribution >= 4 is 16.6 Å². The summed E-state index contributed by atoms with van der Waals surface area (Å²) in [6, 6.07) is 4.32. The van der Waals surface area contributed by atoms with Crippen LogP contribution in [0.5, 0.6) is 5.75 Å². The van der Waals surface area contributed by atoms with Crippen molar-refractivity contribution in [2.75, 3.05) is 33.3 Å². The van der Waals surface area contributed by atoms with E-state index in [1.165, 1.54) is 71.8 Å². The number of hydrogen-bond acceptors (Lipinski definition) is 6. The van der Waals surface area contributed by atoms with Gasteiger partial charge in [-0.2, -0.15) is 5.10 Å². The minimum absolute atomic E-state index is 0.00474. The lowest BCUT2D eigenvalue weighted by atomic mass is 9.71. The van der Waals surface area contributed by atoms with E-state index in [0.29, 0.717) is 17.5 Å². The molecule has 31 heavy (non-hydrogen) atoms. The van der Waals surface area contributed by atoms with Crippen LogP contribution >= 0.6 is 0 Å². The number of piperidine rings is 2. The number of nitrogens with zero attached hydrogens (tertiary/aromatic N) is 4. The molecule has 3 heterocycles. The number of rotatable bonds is 4. The van der Waals surface area contributed by atoms with Gasteiger partial charge in [-0.1, -0.05) is 0 Å². The van der Waals surface area contributed by atoms with Gasteiger partial charge in [-0.05, 0) is 83.0 Å². The summed E-state index contributed by atoms with van der Waals surface area (Å²) >= 11 is 0. The molecule has 8 heteroatoms. The molecule has 1 spiro atoms. The zero-order valence-electron chi connectivity index (χ0n) is 18.4. The fraction of sp³-hybridized carbons (Fsp3) is 0.696. The summed E-state index contributed by atoms with van der Waals surface area (Å²) in [5.41, 5.74) is 1.36. The van der Waals surface area contributed by atoms with Crippen molar-refractivity contribution in [3.05, 3.63) is 28.4 Å². The molecule has 0 bridgehead atoms. The standard InChI is InChI=1S/C23H33N5O3/c1-31-22-15-20-17(14-21(22)28(29)30)16-27(25-20)19-4-2-18(3-5-19)26-12-8-23(9-13-26)6-10-24-11-7-23/h14-16,18-19,24H,2-13H2,1H3. The van der Waals surface area contributed by atoms with E-state index in [1.54, 1.807) is 12.1 Å². The predicted molar refractivity (Wildman–Crippen MR) is 120 cm³/mol. The van der Waals surface area contributed by atoms with Crippen molar-refractivity contribution in [3.63, 3.8) is 0 Å². The number of nitro benzene ring substituents is 1. The SMILES string of the molecule is COc1cc2nn(C3CCC(N4CCC5(CCNCC5)CC4)CC3)cc2cc1[N+](=O)[O-]. The molecule has 168 valence electrons. The van der Waals surface area contributed by atoms with Crippen LogP contribution in [0.4, 0.5) is 5.69 Å². The van der Waals surface area contributed by atoms with Gasteiger partial charge >= 0.3 is 5.69 Å². The topological polar surface area (TPSA) is 85.5 Å². The summed E-state index contributed by atoms with van der Waals surface area (Å²) in [5.74, 6) is 0.267. The second kappa shape index (κ2) is 8.39. The number of likely N-dealkylation sites (tertiary alicyclic amines) is 1. The van der Waals surface area contributed by atoms with E-state index in [2.05, 4.69) is 10.2 Å². The van der Waals surface area contributed by atoms with Gasteiger partial charge in [0, 0.05) is 29.8 Å². The average Bonchev–Trinajstić information content (AvgIpc) is 3.22. The molecule has 1 aliphatic carbocycles. The molecule has 1 aromatic carbocycles. The van der Waals surface area contributed by atoms with Crippen LogP contribution in [-0.4, -0.2) is 58.9 Å². The van der Waals surface area contributed by atoms with Crippen molar-refractivity contribution in [2.45, 2.75) is 63.5 Å². The molecule has 5 rings (SSSR count). The molecule has 2 aromatic rings. The monoisotopic (exact) mass is 427 g/mol. The van der Waals surface area contributed by atoms with Crippen molar-refractivity contribution in [2.24, 2.45) is 5.41 Å². The molecule has 8 nitrogen and oxygen atoms in total. The highest BCUT2D eigenvalue weighted by Gasteiger charge is 2.38. The molecular weight excluding hydrogens is 394 g/mol. The first-order valence-electron chi connectivity index (χ1n) is 11.7. The molecule has 0 radical (unpaired) electrons. The summed E-state index contributed by atoms with van der Waals surface area (Å²) in [5, 5.41) is 20.4. The fourth-order valence-electron chi connectivity index (χ4n) is 6.06. The molecule has 0 atom stereocenters. The Kier molecular flexibility index (Phi) is 5.60. The van der Waals surface area contributed by atoms with Gasteiger partial charge in [0.1, 0.15) is 0 Å². The van der Waals surface area contributed by atoms with E-state index in [1.807, 2.05) is 10.9 Å². The number of nitrogens with one attached hydrogen (secondary N) is 1. The largest absolute Gasteiger partial charge is 0.490 e. The first kappa shape index (κ1) is 20.7. The van der Waals surface area contributed by atoms with Crippen LogP contribution < -0.4 is 10.1 Å². The Balaban J connectivity index is 1.21. The van der Waals surface area contributed by atoms with Crippen molar-refractivity contribution < 1.29 is 9.66 Å². The summed E-state index contributed by atoms with van der Waals surface area (Å²) in [4.78, 5) is 13.7. The zero-order valence-corrected chi connectivity index (χ0v) is 18.4. The Morgan fingerprint density at radius 3 is 2.42 bits per heavy atom. The van der Waals surface area contributed by atoms with E-state index in [4.69, 9.17) is 9.84 Å². The highest BCUT2D eigenvalue weighted by molar-refractivity contribution is 5.83. The molecule has 3 aliphatic rings. The maximum Gasteiger partial charge on any atom is 0.311 e. The van der Waals surface area contributed by atoms with Gasteiger partial charge in [0.15, 0.2) is 5.75 Å². The minimum Gasteiger partial charge on any atom is -0.490 e. The Hall–Kier alpha value is -2.19. The van der Waals surface area contributed by atoms with Crippen LogP contribution in [0, 0.1) is 15.5 Å². The lowest BCUT2D eigenvalue weighted by Gasteiger charge is -2.47. The molecule has 0 unspecified atom stereocenters. The fourth-order valence-corrected chi connectivity index (χ4v) is 6.06. The van der Waals surface area contributed by atoms with Gasteiger partial charge in [-0.3, -0.25) is 14.8 Å². The summed E-state index contributed by atoms with van der Waals surface area (Å²) in [6.45, 7) is 4.89. The Bertz CT molecular complexity index is 934. The highest BCUT2D eigenvalue weighted by Crippen LogP contribution is 2.42. The lowest BCUT2D eigenvalue weighted by molar-refractivity contribution is -0.385. The molecule has 2 aliphatic heterocycles. The smallest absolute Gasteiger partial charge is 0.311 e. The number of benzene rings is 1. The van der Waals surface area contributed by atoms with Crippen LogP contribution in [0.2, 0.25) is 0 Å². The first-order valence-corrected chi connectivity index (χ1v) is 11.7. The van der Waals surface area contributed by atoms with Crippen LogP contribution in [-0.2, 0) is 0 Å². The van der Waals surface area contributed by atoms with Crippen LogP contribution in [0.25, 0.3) is 10.9 Å². The zero-order chi connectivity index (χ0) is 21.4. The van der Waals surface area contributed by atoms with Gasteiger partial charge in [-0.15, -0.1) is 0 Å². The molecule has 1 aromatic heterocycles. The second-order valence-corrected chi connectivity index (χ2v) is 9.70. The normalized spacial score (nSPS) is 26.9. The number of hydrogen-bond donors (Lipinski definition) is 1. The molecule has 1 saturated carbocycles. The molecular formula is C23H33N5O3. The third-order valence-electron chi connectivity index (χ3n) is 8.10. The Morgan fingerprint density at radius 1 is 1.10 bits per heavy atom. The number of ether oxygens (including phenoxy) is 1. The maximum atomic E-state index is 11.3. The van der Waals surface area contributed by atoms with Crippen LogP contribution in [0.15, 0.2) is 18.3 Å². The highest BCUT2D eigenvalue weighted by atomic mass is 16.6. The summed E-state index contributed by atoms with van der Waals surface area (Å²) in [7, 11) is 1.46. The quantitative estimate of drug-likeness (QED) is 0.588. The van der Waals surface area contributed by atoms with E-state index >= 15 is 0 Å². The summed E-state index contributed by atoms with van der Waals surface area (Å²) < 4.78 is 7.22. The second-order valence-electron chi connectivity index (χ2n) is 9.70. The molecule has 1 N–H and O–H groups in total. The van der Waals surface area contributed by atoms with Gasteiger partial charge in [-0.25, -0.2) is 0 Å². The van der Waals surface area contributed by atoms with Gasteiger partial charge in [0.25, 0.3) is 0 Å². The number of fused-ring (bicyclic) bond motifs is 1. The number of nitro groups is 1. The summed E-state index contributed by atoms with van der Waals surface area (Å²) in [6.07, 6.45) is 12.0. The first-order chi connectivity index (χ1) is 15.1. The lowest BCUT2D eigenvalue weighted by Crippen LogP contribution is -2.49.